The first-order valence-electron chi connectivity index (χ1n) is 9.12. The highest BCUT2D eigenvalue weighted by molar-refractivity contribution is 6.35. The van der Waals surface area contributed by atoms with Gasteiger partial charge in [-0.1, -0.05) is 52.5 Å². The molecule has 1 aromatic heterocycles. The molecule has 0 amide bonds. The number of carboxylic acids is 2. The van der Waals surface area contributed by atoms with E-state index >= 15 is 0 Å². The molecule has 0 spiro atoms. The fourth-order valence-corrected chi connectivity index (χ4v) is 3.76. The van der Waals surface area contributed by atoms with Crippen molar-refractivity contribution in [2.45, 2.75) is 18.9 Å². The molecule has 0 aliphatic carbocycles. The fraction of sp³-hybridized carbons (Fsp3) is 0.190. The summed E-state index contributed by atoms with van der Waals surface area (Å²) < 4.78 is 7.86. The van der Waals surface area contributed by atoms with Crippen molar-refractivity contribution in [3.05, 3.63) is 80.8 Å². The third kappa shape index (κ3) is 8.24. The van der Waals surface area contributed by atoms with Gasteiger partial charge in [0.15, 0.2) is 0 Å². The summed E-state index contributed by atoms with van der Waals surface area (Å²) in [5.74, 6) is -2.90. The van der Waals surface area contributed by atoms with E-state index in [-0.39, 0.29) is 5.92 Å². The topological polar surface area (TPSA) is 102 Å². The van der Waals surface area contributed by atoms with Gasteiger partial charge in [0.25, 0.3) is 0 Å². The molecule has 1 heterocycles. The largest absolute Gasteiger partial charge is 0.492 e. The number of aliphatic carboxylic acids is 2. The summed E-state index contributed by atoms with van der Waals surface area (Å²) in [6, 6.07) is 10.8. The van der Waals surface area contributed by atoms with E-state index in [2.05, 4.69) is 4.98 Å². The van der Waals surface area contributed by atoms with Gasteiger partial charge in [-0.25, -0.2) is 14.6 Å². The Bertz CT molecular complexity index is 1050. The van der Waals surface area contributed by atoms with E-state index in [1.54, 1.807) is 36.8 Å². The molecule has 7 nitrogen and oxygen atoms in total. The lowest BCUT2D eigenvalue weighted by molar-refractivity contribution is -0.159. The Kier molecular flexibility index (Phi) is 10.1. The summed E-state index contributed by atoms with van der Waals surface area (Å²) in [6.07, 6.45) is 6.21. The van der Waals surface area contributed by atoms with Crippen LogP contribution in [0.5, 0.6) is 5.75 Å². The third-order valence-corrected chi connectivity index (χ3v) is 5.29. The summed E-state index contributed by atoms with van der Waals surface area (Å²) in [5.41, 5.74) is 1.02. The number of hydrogen-bond donors (Lipinski definition) is 2. The smallest absolute Gasteiger partial charge is 0.414 e. The molecule has 0 aliphatic rings. The van der Waals surface area contributed by atoms with Crippen LogP contribution in [0.15, 0.2) is 55.1 Å². The van der Waals surface area contributed by atoms with E-state index in [0.29, 0.717) is 32.4 Å². The molecule has 2 aromatic carbocycles. The number of nitrogens with zero attached hydrogens (tertiary/aromatic N) is 2. The van der Waals surface area contributed by atoms with Gasteiger partial charge < -0.3 is 19.5 Å². The molecular formula is C21H18Cl4N2O5. The average Bonchev–Trinajstić information content (AvgIpc) is 3.22. The fourth-order valence-electron chi connectivity index (χ4n) is 2.73. The second-order valence-electron chi connectivity index (χ2n) is 6.44. The van der Waals surface area contributed by atoms with Crippen molar-refractivity contribution >= 4 is 58.3 Å². The monoisotopic (exact) mass is 518 g/mol. The number of halogens is 4. The zero-order valence-electron chi connectivity index (χ0n) is 16.4. The molecule has 3 aromatic rings. The van der Waals surface area contributed by atoms with Crippen molar-refractivity contribution in [3.63, 3.8) is 0 Å². The normalized spacial score (nSPS) is 11.2. The SMILES string of the molecule is Clc1ccc(OCCC(Cn2ccnc2)c2ccc(Cl)cc2Cl)c(Cl)c1.O=C(O)C(=O)O. The molecule has 2 N–H and O–H groups in total. The van der Waals surface area contributed by atoms with Crippen molar-refractivity contribution in [3.8, 4) is 5.75 Å². The predicted molar refractivity (Wildman–Crippen MR) is 123 cm³/mol. The summed E-state index contributed by atoms with van der Waals surface area (Å²) >= 11 is 24.5. The van der Waals surface area contributed by atoms with E-state index in [1.165, 1.54) is 0 Å². The highest BCUT2D eigenvalue weighted by Gasteiger charge is 2.17. The van der Waals surface area contributed by atoms with Gasteiger partial charge in [0.2, 0.25) is 0 Å². The minimum atomic E-state index is -1.82. The Morgan fingerprint density at radius 1 is 0.969 bits per heavy atom. The first-order chi connectivity index (χ1) is 15.2. The molecule has 3 rings (SSSR count). The maximum absolute atomic E-state index is 9.10. The van der Waals surface area contributed by atoms with Gasteiger partial charge in [0.1, 0.15) is 5.75 Å². The average molecular weight is 520 g/mol. The zero-order chi connectivity index (χ0) is 23.7. The quantitative estimate of drug-likeness (QED) is 0.376. The summed E-state index contributed by atoms with van der Waals surface area (Å²) in [7, 11) is 0. The number of carbonyl (C=O) groups is 2. The number of rotatable bonds is 7. The lowest BCUT2D eigenvalue weighted by atomic mass is 9.95. The molecule has 0 saturated carbocycles. The minimum absolute atomic E-state index is 0.139. The first-order valence-corrected chi connectivity index (χ1v) is 10.6. The van der Waals surface area contributed by atoms with Crippen LogP contribution in [0.4, 0.5) is 0 Å². The van der Waals surface area contributed by atoms with E-state index in [1.807, 2.05) is 22.9 Å². The molecular weight excluding hydrogens is 502 g/mol. The number of hydrogen-bond acceptors (Lipinski definition) is 4. The second-order valence-corrected chi connectivity index (χ2v) is 8.13. The van der Waals surface area contributed by atoms with Gasteiger partial charge in [-0.3, -0.25) is 0 Å². The maximum Gasteiger partial charge on any atom is 0.414 e. The van der Waals surface area contributed by atoms with Crippen molar-refractivity contribution < 1.29 is 24.5 Å². The van der Waals surface area contributed by atoms with Crippen LogP contribution in [0.1, 0.15) is 17.9 Å². The molecule has 1 unspecified atom stereocenters. The molecule has 0 radical (unpaired) electrons. The van der Waals surface area contributed by atoms with Crippen LogP contribution < -0.4 is 4.74 Å². The molecule has 11 heteroatoms. The van der Waals surface area contributed by atoms with Crippen LogP contribution in [0.25, 0.3) is 0 Å². The van der Waals surface area contributed by atoms with Crippen LogP contribution >= 0.6 is 46.4 Å². The summed E-state index contributed by atoms with van der Waals surface area (Å²) in [6.45, 7) is 1.22. The predicted octanol–water partition coefficient (Wildman–Crippen LogP) is 5.91. The van der Waals surface area contributed by atoms with Crippen LogP contribution in [0.2, 0.25) is 20.1 Å². The standard InChI is InChI=1S/C19H16Cl4N2O.C2H2O4/c20-14-1-3-16(17(22)9-14)13(11-25-7-6-24-12-25)5-8-26-19-4-2-15(21)10-18(19)23;3-1(4)2(5)6/h1-4,6-7,9-10,12-13H,5,8,11H2;(H,3,4)(H,5,6). The van der Waals surface area contributed by atoms with Crippen LogP contribution in [-0.4, -0.2) is 38.3 Å². The van der Waals surface area contributed by atoms with E-state index in [9.17, 15) is 0 Å². The van der Waals surface area contributed by atoms with E-state index < -0.39 is 11.9 Å². The lowest BCUT2D eigenvalue weighted by Crippen LogP contribution is -2.13. The number of benzene rings is 2. The van der Waals surface area contributed by atoms with Crippen LogP contribution in [0, 0.1) is 0 Å². The maximum atomic E-state index is 9.10. The molecule has 0 aliphatic heterocycles. The Labute approximate surface area is 204 Å². The van der Waals surface area contributed by atoms with Gasteiger partial charge in [-0.2, -0.15) is 0 Å². The molecule has 0 saturated heterocycles. The number of imidazole rings is 1. The van der Waals surface area contributed by atoms with Crippen molar-refractivity contribution in [1.29, 1.82) is 0 Å². The zero-order valence-corrected chi connectivity index (χ0v) is 19.4. The van der Waals surface area contributed by atoms with Crippen molar-refractivity contribution in [2.75, 3.05) is 6.61 Å². The Hall–Kier alpha value is -2.45. The van der Waals surface area contributed by atoms with Crippen molar-refractivity contribution in [1.82, 2.24) is 9.55 Å². The Morgan fingerprint density at radius 2 is 1.59 bits per heavy atom. The van der Waals surface area contributed by atoms with Gasteiger partial charge in [-0.05, 0) is 42.3 Å². The molecule has 0 bridgehead atoms. The summed E-state index contributed by atoms with van der Waals surface area (Å²) in [4.78, 5) is 22.3. The second kappa shape index (κ2) is 12.6. The minimum Gasteiger partial charge on any atom is -0.492 e. The Morgan fingerprint density at radius 3 is 2.12 bits per heavy atom. The van der Waals surface area contributed by atoms with Crippen LogP contribution in [0.3, 0.4) is 0 Å². The molecule has 32 heavy (non-hydrogen) atoms. The van der Waals surface area contributed by atoms with Gasteiger partial charge in [0, 0.05) is 39.9 Å². The Balaban J connectivity index is 0.000000534. The van der Waals surface area contributed by atoms with Gasteiger partial charge in [0.05, 0.1) is 18.0 Å². The first kappa shape index (κ1) is 25.8. The van der Waals surface area contributed by atoms with E-state index in [0.717, 1.165) is 18.5 Å². The number of carboxylic acid groups (broad SMARTS) is 2. The molecule has 0 fully saturated rings. The molecule has 1 atom stereocenters. The highest BCUT2D eigenvalue weighted by Crippen LogP contribution is 2.32. The van der Waals surface area contributed by atoms with Crippen molar-refractivity contribution in [2.24, 2.45) is 0 Å². The van der Waals surface area contributed by atoms with Gasteiger partial charge in [-0.15, -0.1) is 0 Å². The number of aromatic nitrogens is 2. The third-order valence-electron chi connectivity index (χ3n) is 4.19. The number of ether oxygens (including phenoxy) is 1. The lowest BCUT2D eigenvalue weighted by Gasteiger charge is -2.20. The highest BCUT2D eigenvalue weighted by atomic mass is 35.5. The van der Waals surface area contributed by atoms with E-state index in [4.69, 9.17) is 70.9 Å². The van der Waals surface area contributed by atoms with Gasteiger partial charge >= 0.3 is 11.9 Å². The molecule has 170 valence electrons. The van der Waals surface area contributed by atoms with Crippen LogP contribution in [-0.2, 0) is 16.1 Å². The summed E-state index contributed by atoms with van der Waals surface area (Å²) in [5, 5.41) is 17.1.